The summed E-state index contributed by atoms with van der Waals surface area (Å²) in [7, 11) is -3.72. The molecule has 1 aliphatic rings. The Morgan fingerprint density at radius 3 is 2.83 bits per heavy atom. The average molecular weight is 327 g/mol. The molecule has 2 rings (SSSR count). The summed E-state index contributed by atoms with van der Waals surface area (Å²) in [5.74, 6) is 0. The molecule has 18 heavy (non-hydrogen) atoms. The van der Waals surface area contributed by atoms with E-state index in [1.54, 1.807) is 0 Å². The zero-order valence-electron chi connectivity index (χ0n) is 8.97. The molecule has 1 saturated heterocycles. The molecule has 1 unspecified atom stereocenters. The van der Waals surface area contributed by atoms with E-state index in [9.17, 15) is 8.42 Å². The predicted octanol–water partition coefficient (Wildman–Crippen LogP) is 1.97. The largest absolute Gasteiger partial charge is 0.361 e. The maximum Gasteiger partial charge on any atom is 0.245 e. The van der Waals surface area contributed by atoms with Gasteiger partial charge in [-0.3, -0.25) is 0 Å². The number of nitriles is 1. The predicted molar refractivity (Wildman–Crippen MR) is 68.5 cm³/mol. The third-order valence-corrected chi connectivity index (χ3v) is 6.03. The Hall–Kier alpha value is -0.360. The molecular formula is C9H8Cl2N2O3S2. The summed E-state index contributed by atoms with van der Waals surface area (Å²) in [4.78, 5) is -0.0160. The highest BCUT2D eigenvalue weighted by atomic mass is 35.5. The molecule has 5 nitrogen and oxygen atoms in total. The Bertz CT molecular complexity index is 593. The lowest BCUT2D eigenvalue weighted by Crippen LogP contribution is -2.44. The third kappa shape index (κ3) is 2.64. The van der Waals surface area contributed by atoms with Crippen LogP contribution >= 0.6 is 34.5 Å². The van der Waals surface area contributed by atoms with Crippen molar-refractivity contribution in [2.24, 2.45) is 0 Å². The van der Waals surface area contributed by atoms with Gasteiger partial charge in [-0.1, -0.05) is 23.2 Å². The molecule has 1 aromatic rings. The van der Waals surface area contributed by atoms with Crippen LogP contribution in [-0.2, 0) is 14.8 Å². The molecule has 9 heteroatoms. The SMILES string of the molecule is N#CC1CN(S(=O)(=O)c2cc(Cl)sc2Cl)CCO1. The number of hydrogen-bond acceptors (Lipinski definition) is 5. The first kappa shape index (κ1) is 14.1. The van der Waals surface area contributed by atoms with Gasteiger partial charge in [0, 0.05) is 6.54 Å². The smallest absolute Gasteiger partial charge is 0.245 e. The van der Waals surface area contributed by atoms with Crippen molar-refractivity contribution in [1.82, 2.24) is 4.31 Å². The highest BCUT2D eigenvalue weighted by molar-refractivity contribution is 7.89. The first-order chi connectivity index (χ1) is 8.45. The van der Waals surface area contributed by atoms with E-state index < -0.39 is 16.1 Å². The van der Waals surface area contributed by atoms with Crippen molar-refractivity contribution in [2.75, 3.05) is 19.7 Å². The van der Waals surface area contributed by atoms with Gasteiger partial charge in [0.15, 0.2) is 6.10 Å². The molecule has 0 N–H and O–H groups in total. The van der Waals surface area contributed by atoms with E-state index in [1.165, 1.54) is 10.4 Å². The zero-order chi connectivity index (χ0) is 13.3. The minimum absolute atomic E-state index is 0.00261. The molecule has 0 aromatic carbocycles. The van der Waals surface area contributed by atoms with Gasteiger partial charge in [0.2, 0.25) is 10.0 Å². The van der Waals surface area contributed by atoms with Gasteiger partial charge >= 0.3 is 0 Å². The first-order valence-electron chi connectivity index (χ1n) is 4.91. The summed E-state index contributed by atoms with van der Waals surface area (Å²) in [5.41, 5.74) is 0. The Labute approximate surface area is 119 Å². The Balaban J connectivity index is 2.32. The van der Waals surface area contributed by atoms with Crippen LogP contribution in [0.2, 0.25) is 8.67 Å². The summed E-state index contributed by atoms with van der Waals surface area (Å²) in [6.07, 6.45) is -0.749. The van der Waals surface area contributed by atoms with Crippen molar-refractivity contribution >= 4 is 44.6 Å². The van der Waals surface area contributed by atoms with Crippen molar-refractivity contribution in [3.63, 3.8) is 0 Å². The number of sulfonamides is 1. The number of thiophene rings is 1. The molecule has 1 aromatic heterocycles. The number of hydrogen-bond donors (Lipinski definition) is 0. The van der Waals surface area contributed by atoms with Crippen LogP contribution in [0.5, 0.6) is 0 Å². The maximum atomic E-state index is 12.3. The van der Waals surface area contributed by atoms with E-state index in [4.69, 9.17) is 33.2 Å². The minimum Gasteiger partial charge on any atom is -0.361 e. The summed E-state index contributed by atoms with van der Waals surface area (Å²) < 4.78 is 31.3. The van der Waals surface area contributed by atoms with E-state index in [1.807, 2.05) is 6.07 Å². The van der Waals surface area contributed by atoms with Gasteiger partial charge in [0.05, 0.1) is 23.6 Å². The van der Waals surface area contributed by atoms with Gasteiger partial charge in [-0.05, 0) is 6.07 Å². The number of halogens is 2. The number of morpholine rings is 1. The topological polar surface area (TPSA) is 70.4 Å². The van der Waals surface area contributed by atoms with Crippen LogP contribution in [-0.4, -0.2) is 38.5 Å². The van der Waals surface area contributed by atoms with Crippen molar-refractivity contribution in [3.8, 4) is 6.07 Å². The molecule has 0 spiro atoms. The van der Waals surface area contributed by atoms with Crippen molar-refractivity contribution < 1.29 is 13.2 Å². The lowest BCUT2D eigenvalue weighted by molar-refractivity contribution is 0.0311. The van der Waals surface area contributed by atoms with E-state index >= 15 is 0 Å². The molecule has 0 saturated carbocycles. The zero-order valence-corrected chi connectivity index (χ0v) is 12.1. The summed E-state index contributed by atoms with van der Waals surface area (Å²) in [6, 6.07) is 3.21. The Morgan fingerprint density at radius 2 is 2.28 bits per heavy atom. The van der Waals surface area contributed by atoms with Crippen molar-refractivity contribution in [2.45, 2.75) is 11.0 Å². The molecule has 1 fully saturated rings. The molecule has 2 heterocycles. The molecule has 0 amide bonds. The van der Waals surface area contributed by atoms with Crippen molar-refractivity contribution in [3.05, 3.63) is 14.7 Å². The summed E-state index contributed by atoms with van der Waals surface area (Å²) in [6.45, 7) is 0.389. The van der Waals surface area contributed by atoms with Crippen LogP contribution in [0, 0.1) is 11.3 Å². The second-order valence-corrected chi connectivity index (χ2v) is 7.73. The lowest BCUT2D eigenvalue weighted by Gasteiger charge is -2.28. The van der Waals surface area contributed by atoms with Crippen LogP contribution in [0.4, 0.5) is 0 Å². The van der Waals surface area contributed by atoms with Crippen molar-refractivity contribution in [1.29, 1.82) is 5.26 Å². The fourth-order valence-corrected chi connectivity index (χ4v) is 5.10. The maximum absolute atomic E-state index is 12.3. The Kier molecular flexibility index (Phi) is 4.16. The lowest BCUT2D eigenvalue weighted by atomic mass is 10.3. The quantitative estimate of drug-likeness (QED) is 0.833. The monoisotopic (exact) mass is 326 g/mol. The van der Waals surface area contributed by atoms with Gasteiger partial charge in [-0.2, -0.15) is 9.57 Å². The molecule has 1 aliphatic heterocycles. The first-order valence-corrected chi connectivity index (χ1v) is 7.92. The molecule has 0 bridgehead atoms. The van der Waals surface area contributed by atoms with Crippen LogP contribution < -0.4 is 0 Å². The van der Waals surface area contributed by atoms with E-state index in [0.29, 0.717) is 4.34 Å². The molecular weight excluding hydrogens is 319 g/mol. The number of nitrogens with zero attached hydrogens (tertiary/aromatic N) is 2. The summed E-state index contributed by atoms with van der Waals surface area (Å²) in [5, 5.41) is 8.76. The van der Waals surface area contributed by atoms with E-state index in [0.717, 1.165) is 11.3 Å². The number of ether oxygens (including phenoxy) is 1. The average Bonchev–Trinajstić information content (AvgIpc) is 2.69. The third-order valence-electron chi connectivity index (χ3n) is 2.42. The fourth-order valence-electron chi connectivity index (χ4n) is 1.56. The van der Waals surface area contributed by atoms with Gasteiger partial charge < -0.3 is 4.74 Å². The Morgan fingerprint density at radius 1 is 1.56 bits per heavy atom. The molecule has 0 aliphatic carbocycles. The normalized spacial score (nSPS) is 21.7. The van der Waals surface area contributed by atoms with Crippen LogP contribution in [0.15, 0.2) is 11.0 Å². The summed E-state index contributed by atoms with van der Waals surface area (Å²) >= 11 is 12.6. The van der Waals surface area contributed by atoms with Crippen LogP contribution in [0.25, 0.3) is 0 Å². The fraction of sp³-hybridized carbons (Fsp3) is 0.444. The van der Waals surface area contributed by atoms with Gasteiger partial charge in [-0.15, -0.1) is 11.3 Å². The van der Waals surface area contributed by atoms with Crippen LogP contribution in [0.3, 0.4) is 0 Å². The second kappa shape index (κ2) is 5.33. The highest BCUT2D eigenvalue weighted by Gasteiger charge is 2.33. The van der Waals surface area contributed by atoms with E-state index in [2.05, 4.69) is 0 Å². The van der Waals surface area contributed by atoms with Crippen LogP contribution in [0.1, 0.15) is 0 Å². The second-order valence-electron chi connectivity index (χ2n) is 3.54. The number of rotatable bonds is 2. The van der Waals surface area contributed by atoms with E-state index in [-0.39, 0.29) is 28.9 Å². The molecule has 1 atom stereocenters. The standard InChI is InChI=1S/C9H8Cl2N2O3S2/c10-8-3-7(9(11)17-8)18(14,15)13-1-2-16-6(4-12)5-13/h3,6H,1-2,5H2. The minimum atomic E-state index is -3.72. The van der Waals surface area contributed by atoms with Gasteiger partial charge in [0.25, 0.3) is 0 Å². The van der Waals surface area contributed by atoms with Gasteiger partial charge in [0.1, 0.15) is 9.23 Å². The molecule has 0 radical (unpaired) electrons. The highest BCUT2D eigenvalue weighted by Crippen LogP contribution is 2.36. The van der Waals surface area contributed by atoms with Gasteiger partial charge in [-0.25, -0.2) is 8.42 Å². The molecule has 98 valence electrons.